The summed E-state index contributed by atoms with van der Waals surface area (Å²) >= 11 is 0. The first-order valence-corrected chi connectivity index (χ1v) is 8.15. The maximum absolute atomic E-state index is 12.6. The molecule has 1 aliphatic carbocycles. The molecule has 0 saturated heterocycles. The highest BCUT2D eigenvalue weighted by Crippen LogP contribution is 2.36. The van der Waals surface area contributed by atoms with Crippen molar-refractivity contribution in [2.75, 3.05) is 7.05 Å². The number of aromatic amines is 1. The van der Waals surface area contributed by atoms with Gasteiger partial charge in [0.2, 0.25) is 5.91 Å². The number of hydrogen-bond donors (Lipinski definition) is 1. The maximum atomic E-state index is 12.6. The second-order valence-electron chi connectivity index (χ2n) is 6.34. The quantitative estimate of drug-likeness (QED) is 0.912. The van der Waals surface area contributed by atoms with E-state index in [1.54, 1.807) is 38.5 Å². The van der Waals surface area contributed by atoms with Crippen molar-refractivity contribution in [3.63, 3.8) is 0 Å². The van der Waals surface area contributed by atoms with Crippen molar-refractivity contribution in [1.29, 1.82) is 5.26 Å². The van der Waals surface area contributed by atoms with E-state index in [-0.39, 0.29) is 17.9 Å². The van der Waals surface area contributed by atoms with Crippen molar-refractivity contribution in [1.82, 2.24) is 19.9 Å². The fraction of sp³-hybridized carbons (Fsp3) is 0.389. The van der Waals surface area contributed by atoms with Crippen LogP contribution in [0.1, 0.15) is 30.5 Å². The largest absolute Gasteiger partial charge is 0.327 e. The molecule has 1 amide bonds. The van der Waals surface area contributed by atoms with Crippen molar-refractivity contribution in [3.8, 4) is 17.5 Å². The second-order valence-corrected chi connectivity index (χ2v) is 6.34. The van der Waals surface area contributed by atoms with Gasteiger partial charge in [0.1, 0.15) is 11.4 Å². The molecule has 7 heteroatoms. The monoisotopic (exact) mass is 337 g/mol. The summed E-state index contributed by atoms with van der Waals surface area (Å²) in [6.45, 7) is 1.71. The van der Waals surface area contributed by atoms with E-state index in [2.05, 4.69) is 21.0 Å². The lowest BCUT2D eigenvalue weighted by atomic mass is 9.76. The summed E-state index contributed by atoms with van der Waals surface area (Å²) < 4.78 is 0. The molecule has 25 heavy (non-hydrogen) atoms. The van der Waals surface area contributed by atoms with Gasteiger partial charge in [-0.2, -0.15) is 5.26 Å². The number of likely N-dealkylation sites (N-methyl/N-ethyl adjacent to an activating group) is 1. The minimum atomic E-state index is -0.720. The highest BCUT2D eigenvalue weighted by molar-refractivity contribution is 5.80. The van der Waals surface area contributed by atoms with Crippen LogP contribution in [0.2, 0.25) is 0 Å². The van der Waals surface area contributed by atoms with Gasteiger partial charge in [0.25, 0.3) is 5.56 Å². The number of carbonyl (C=O) groups excluding carboxylic acids is 1. The van der Waals surface area contributed by atoms with Crippen LogP contribution in [0.25, 0.3) is 11.4 Å². The zero-order valence-electron chi connectivity index (χ0n) is 14.2. The summed E-state index contributed by atoms with van der Waals surface area (Å²) in [6.07, 6.45) is 5.48. The Labute approximate surface area is 145 Å². The third-order valence-electron chi connectivity index (χ3n) is 4.91. The molecular formula is C18H19N5O2. The number of carbonyl (C=O) groups is 1. The number of rotatable bonds is 4. The van der Waals surface area contributed by atoms with Crippen molar-refractivity contribution >= 4 is 5.91 Å². The summed E-state index contributed by atoms with van der Waals surface area (Å²) in [5, 5.41) is 9.36. The summed E-state index contributed by atoms with van der Waals surface area (Å²) in [6, 6.07) is 5.75. The third kappa shape index (κ3) is 3.03. The molecule has 0 unspecified atom stereocenters. The molecule has 128 valence electrons. The normalized spacial score (nSPS) is 15.1. The van der Waals surface area contributed by atoms with E-state index in [4.69, 9.17) is 0 Å². The van der Waals surface area contributed by atoms with Crippen molar-refractivity contribution in [3.05, 3.63) is 46.1 Å². The Morgan fingerprint density at radius 2 is 2.08 bits per heavy atom. The van der Waals surface area contributed by atoms with Crippen molar-refractivity contribution < 1.29 is 4.79 Å². The molecule has 0 bridgehead atoms. The number of H-pyrrole nitrogens is 1. The van der Waals surface area contributed by atoms with Gasteiger partial charge in [-0.3, -0.25) is 14.6 Å². The molecule has 2 heterocycles. The molecule has 0 spiro atoms. The molecule has 2 aromatic rings. The van der Waals surface area contributed by atoms with Crippen molar-refractivity contribution in [2.45, 2.75) is 38.1 Å². The minimum absolute atomic E-state index is 0.0648. The average Bonchev–Trinajstić information content (AvgIpc) is 2.58. The zero-order valence-corrected chi connectivity index (χ0v) is 14.2. The number of nitriles is 1. The van der Waals surface area contributed by atoms with E-state index < -0.39 is 5.54 Å². The van der Waals surface area contributed by atoms with E-state index in [0.29, 0.717) is 29.9 Å². The topological polar surface area (TPSA) is 103 Å². The molecule has 0 aromatic carbocycles. The standard InChI is InChI=1S/C18H19N5O2/c1-12-14(10-15(24)23(2)18(11-19)6-3-7-18)17(25)22-16(21-12)13-4-8-20-9-5-13/h4-5,8-9H,3,6-7,10H2,1-2H3,(H,21,22,25). The first kappa shape index (κ1) is 16.8. The SMILES string of the molecule is Cc1nc(-c2ccncc2)[nH]c(=O)c1CC(=O)N(C)C1(C#N)CCC1. The van der Waals surface area contributed by atoms with Crippen LogP contribution < -0.4 is 5.56 Å². The Morgan fingerprint density at radius 1 is 1.40 bits per heavy atom. The molecule has 2 aromatic heterocycles. The summed E-state index contributed by atoms with van der Waals surface area (Å²) in [7, 11) is 1.63. The number of pyridine rings is 1. The Bertz CT molecular complexity index is 894. The van der Waals surface area contributed by atoms with E-state index >= 15 is 0 Å². The van der Waals surface area contributed by atoms with Crippen LogP contribution in [0.15, 0.2) is 29.3 Å². The highest BCUT2D eigenvalue weighted by Gasteiger charge is 2.43. The number of amides is 1. The van der Waals surface area contributed by atoms with E-state index in [1.165, 1.54) is 4.90 Å². The predicted molar refractivity (Wildman–Crippen MR) is 91.5 cm³/mol. The Balaban J connectivity index is 1.85. The Kier molecular flexibility index (Phi) is 4.36. The Hall–Kier alpha value is -3.01. The van der Waals surface area contributed by atoms with Crippen LogP contribution in [-0.2, 0) is 11.2 Å². The third-order valence-corrected chi connectivity index (χ3v) is 4.91. The maximum Gasteiger partial charge on any atom is 0.255 e. The average molecular weight is 337 g/mol. The van der Waals surface area contributed by atoms with Crippen LogP contribution in [-0.4, -0.2) is 38.3 Å². The molecule has 7 nitrogen and oxygen atoms in total. The van der Waals surface area contributed by atoms with Crippen LogP contribution in [0, 0.1) is 18.3 Å². The van der Waals surface area contributed by atoms with Gasteiger partial charge in [0.15, 0.2) is 0 Å². The molecule has 1 aliphatic rings. The molecule has 0 aliphatic heterocycles. The van der Waals surface area contributed by atoms with Gasteiger partial charge in [-0.15, -0.1) is 0 Å². The fourth-order valence-electron chi connectivity index (χ4n) is 3.01. The number of nitrogens with one attached hydrogen (secondary N) is 1. The minimum Gasteiger partial charge on any atom is -0.327 e. The Morgan fingerprint density at radius 3 is 2.60 bits per heavy atom. The molecule has 0 atom stereocenters. The van der Waals surface area contributed by atoms with Gasteiger partial charge in [-0.25, -0.2) is 4.98 Å². The molecule has 1 saturated carbocycles. The predicted octanol–water partition coefficient (Wildman–Crippen LogP) is 1.59. The van der Waals surface area contributed by atoms with E-state index in [9.17, 15) is 14.9 Å². The lowest BCUT2D eigenvalue weighted by Crippen LogP contribution is -2.54. The van der Waals surface area contributed by atoms with Gasteiger partial charge in [-0.1, -0.05) is 0 Å². The first-order valence-electron chi connectivity index (χ1n) is 8.15. The van der Waals surface area contributed by atoms with Crippen LogP contribution in [0.3, 0.4) is 0 Å². The molecular weight excluding hydrogens is 318 g/mol. The molecule has 1 fully saturated rings. The number of nitrogens with zero attached hydrogens (tertiary/aromatic N) is 4. The number of aryl methyl sites for hydroxylation is 1. The van der Waals surface area contributed by atoms with Crippen LogP contribution in [0.4, 0.5) is 0 Å². The van der Waals surface area contributed by atoms with Gasteiger partial charge >= 0.3 is 0 Å². The van der Waals surface area contributed by atoms with E-state index in [1.807, 2.05) is 0 Å². The summed E-state index contributed by atoms with van der Waals surface area (Å²) in [5.74, 6) is 0.204. The second kappa shape index (κ2) is 6.48. The van der Waals surface area contributed by atoms with Gasteiger partial charge < -0.3 is 9.88 Å². The fourth-order valence-corrected chi connectivity index (χ4v) is 3.01. The smallest absolute Gasteiger partial charge is 0.255 e. The van der Waals surface area contributed by atoms with Gasteiger partial charge in [0.05, 0.1) is 12.5 Å². The van der Waals surface area contributed by atoms with Crippen molar-refractivity contribution in [2.24, 2.45) is 0 Å². The molecule has 0 radical (unpaired) electrons. The van der Waals surface area contributed by atoms with Crippen LogP contribution >= 0.6 is 0 Å². The zero-order chi connectivity index (χ0) is 18.0. The molecule has 3 rings (SSSR count). The highest BCUT2D eigenvalue weighted by atomic mass is 16.2. The van der Waals surface area contributed by atoms with Crippen LogP contribution in [0.5, 0.6) is 0 Å². The number of hydrogen-bond acceptors (Lipinski definition) is 5. The summed E-state index contributed by atoms with van der Waals surface area (Å²) in [4.78, 5) is 37.6. The number of aromatic nitrogens is 3. The summed E-state index contributed by atoms with van der Waals surface area (Å²) in [5.41, 5.74) is 0.546. The van der Waals surface area contributed by atoms with E-state index in [0.717, 1.165) is 12.0 Å². The first-order chi connectivity index (χ1) is 12.0. The van der Waals surface area contributed by atoms with Gasteiger partial charge in [0, 0.05) is 36.3 Å². The lowest BCUT2D eigenvalue weighted by Gasteiger charge is -2.43. The van der Waals surface area contributed by atoms with Gasteiger partial charge in [-0.05, 0) is 38.3 Å². The molecule has 1 N–H and O–H groups in total. The lowest BCUT2D eigenvalue weighted by molar-refractivity contribution is -0.135.